The molecule has 0 aromatic carbocycles. The van der Waals surface area contributed by atoms with Crippen LogP contribution in [0.4, 0.5) is 13.2 Å². The Balaban J connectivity index is 2.58. The first-order chi connectivity index (χ1) is 9.87. The summed E-state index contributed by atoms with van der Waals surface area (Å²) in [6.45, 7) is 1.08. The maximum absolute atomic E-state index is 13.0. The molecule has 0 aliphatic carbocycles. The number of rotatable bonds is 3. The molecule has 0 saturated heterocycles. The molecule has 2 heterocycles. The standard InChI is InChI=1S/C9H5BrCl2F3N3O2S2/c1-8(12)4(5(17-18-8)9(13,14)15)6(11)22(19,20)7-16-2-3(10)21-7/h2,6H,1H3. The van der Waals surface area contributed by atoms with Gasteiger partial charge in [0.05, 0.1) is 9.98 Å². The van der Waals surface area contributed by atoms with Crippen molar-refractivity contribution >= 4 is 60.3 Å². The van der Waals surface area contributed by atoms with Crippen LogP contribution >= 0.6 is 50.5 Å². The van der Waals surface area contributed by atoms with E-state index in [9.17, 15) is 21.6 Å². The molecule has 1 aliphatic heterocycles. The number of halogens is 6. The highest BCUT2D eigenvalue weighted by atomic mass is 79.9. The average molecular weight is 459 g/mol. The molecule has 0 radical (unpaired) electrons. The molecule has 5 nitrogen and oxygen atoms in total. The fourth-order valence-electron chi connectivity index (χ4n) is 1.61. The lowest BCUT2D eigenvalue weighted by molar-refractivity contribution is -0.0931. The highest BCUT2D eigenvalue weighted by molar-refractivity contribution is 9.11. The third-order valence-electron chi connectivity index (χ3n) is 2.55. The highest BCUT2D eigenvalue weighted by Crippen LogP contribution is 2.47. The Morgan fingerprint density at radius 1 is 1.45 bits per heavy atom. The van der Waals surface area contributed by atoms with E-state index in [4.69, 9.17) is 23.2 Å². The predicted molar refractivity (Wildman–Crippen MR) is 78.8 cm³/mol. The van der Waals surface area contributed by atoms with Gasteiger partial charge >= 0.3 is 6.18 Å². The van der Waals surface area contributed by atoms with Gasteiger partial charge in [-0.15, -0.1) is 5.11 Å². The average Bonchev–Trinajstić information content (AvgIpc) is 2.91. The minimum absolute atomic E-state index is 0.384. The van der Waals surface area contributed by atoms with Crippen molar-refractivity contribution in [3.63, 3.8) is 0 Å². The molecular weight excluding hydrogens is 454 g/mol. The smallest absolute Gasteiger partial charge is 0.232 e. The number of allylic oxidation sites excluding steroid dienone is 1. The van der Waals surface area contributed by atoms with E-state index in [0.29, 0.717) is 15.1 Å². The molecule has 1 aliphatic rings. The predicted octanol–water partition coefficient (Wildman–Crippen LogP) is 4.48. The molecule has 2 rings (SSSR count). The molecule has 0 amide bonds. The molecule has 0 spiro atoms. The number of aromatic nitrogens is 1. The number of nitrogens with zero attached hydrogens (tertiary/aromatic N) is 3. The van der Waals surface area contributed by atoms with Gasteiger partial charge in [0, 0.05) is 5.57 Å². The van der Waals surface area contributed by atoms with Crippen LogP contribution in [-0.2, 0) is 9.84 Å². The summed E-state index contributed by atoms with van der Waals surface area (Å²) in [6.07, 6.45) is -3.74. The quantitative estimate of drug-likeness (QED) is 0.495. The van der Waals surface area contributed by atoms with E-state index in [1.165, 1.54) is 6.20 Å². The van der Waals surface area contributed by atoms with Crippen LogP contribution in [0.5, 0.6) is 0 Å². The van der Waals surface area contributed by atoms with Crippen LogP contribution in [0.25, 0.3) is 0 Å². The zero-order valence-corrected chi connectivity index (χ0v) is 15.1. The molecule has 13 heteroatoms. The summed E-state index contributed by atoms with van der Waals surface area (Å²) in [5.41, 5.74) is -2.35. The number of hydrogen-bond donors (Lipinski definition) is 0. The van der Waals surface area contributed by atoms with E-state index in [1.54, 1.807) is 0 Å². The van der Waals surface area contributed by atoms with Crippen molar-refractivity contribution in [3.8, 4) is 0 Å². The van der Waals surface area contributed by atoms with Gasteiger partial charge in [0.1, 0.15) is 0 Å². The van der Waals surface area contributed by atoms with Crippen molar-refractivity contribution in [2.45, 2.75) is 27.1 Å². The fourth-order valence-corrected chi connectivity index (χ4v) is 6.00. The van der Waals surface area contributed by atoms with Gasteiger partial charge in [0.2, 0.25) is 14.2 Å². The summed E-state index contributed by atoms with van der Waals surface area (Å²) in [5, 5.41) is 6.20. The highest BCUT2D eigenvalue weighted by Gasteiger charge is 2.52. The second-order valence-electron chi connectivity index (χ2n) is 4.20. The monoisotopic (exact) mass is 457 g/mol. The SMILES string of the molecule is CC1(Cl)N=NC(C(F)(F)F)=C1C(Cl)S(=O)(=O)c1ncc(Br)s1. The third kappa shape index (κ3) is 3.18. The first-order valence-corrected chi connectivity index (χ1v) is 9.27. The largest absolute Gasteiger partial charge is 0.435 e. The van der Waals surface area contributed by atoms with Crippen molar-refractivity contribution in [2.24, 2.45) is 10.2 Å². The minimum atomic E-state index is -4.93. The number of thiazole rings is 1. The topological polar surface area (TPSA) is 71.8 Å². The Labute approximate surface area is 145 Å². The van der Waals surface area contributed by atoms with E-state index in [2.05, 4.69) is 31.1 Å². The van der Waals surface area contributed by atoms with Gasteiger partial charge in [-0.1, -0.05) is 34.5 Å². The van der Waals surface area contributed by atoms with Crippen LogP contribution in [-0.4, -0.2) is 29.3 Å². The molecular formula is C9H5BrCl2F3N3O2S2. The maximum Gasteiger partial charge on any atom is 0.435 e. The van der Waals surface area contributed by atoms with Crippen LogP contribution in [0.3, 0.4) is 0 Å². The Hall–Kier alpha value is -0.230. The van der Waals surface area contributed by atoms with Crippen molar-refractivity contribution < 1.29 is 21.6 Å². The van der Waals surface area contributed by atoms with E-state index < -0.39 is 41.3 Å². The second kappa shape index (κ2) is 5.69. The van der Waals surface area contributed by atoms with Gasteiger partial charge in [-0.05, 0) is 22.9 Å². The first kappa shape index (κ1) is 18.1. The molecule has 1 aromatic heterocycles. The molecule has 0 N–H and O–H groups in total. The van der Waals surface area contributed by atoms with Gasteiger partial charge < -0.3 is 0 Å². The lowest BCUT2D eigenvalue weighted by atomic mass is 10.1. The van der Waals surface area contributed by atoms with Crippen LogP contribution in [0.2, 0.25) is 0 Å². The Morgan fingerprint density at radius 3 is 2.50 bits per heavy atom. The maximum atomic E-state index is 13.0. The van der Waals surface area contributed by atoms with Gasteiger partial charge in [-0.2, -0.15) is 18.3 Å². The van der Waals surface area contributed by atoms with Crippen molar-refractivity contribution in [1.29, 1.82) is 0 Å². The normalized spacial score (nSPS) is 24.1. The van der Waals surface area contributed by atoms with E-state index in [-0.39, 0.29) is 0 Å². The minimum Gasteiger partial charge on any atom is -0.232 e. The van der Waals surface area contributed by atoms with E-state index >= 15 is 0 Å². The summed E-state index contributed by atoms with van der Waals surface area (Å²) in [4.78, 5) is 1.60. The van der Waals surface area contributed by atoms with Crippen LogP contribution in [0.1, 0.15) is 6.92 Å². The molecule has 0 fully saturated rings. The number of azo groups is 1. The summed E-state index contributed by atoms with van der Waals surface area (Å²) in [6, 6.07) is 0. The number of sulfone groups is 1. The molecule has 0 saturated carbocycles. The lowest BCUT2D eigenvalue weighted by Crippen LogP contribution is -2.30. The van der Waals surface area contributed by atoms with E-state index in [0.717, 1.165) is 6.92 Å². The Bertz CT molecular complexity index is 773. The van der Waals surface area contributed by atoms with Gasteiger partial charge in [-0.3, -0.25) is 0 Å². The summed E-state index contributed by atoms with van der Waals surface area (Å²) >= 11 is 15.4. The van der Waals surface area contributed by atoms with Crippen LogP contribution < -0.4 is 0 Å². The zero-order chi connectivity index (χ0) is 16.9. The van der Waals surface area contributed by atoms with Gasteiger partial charge in [0.15, 0.2) is 15.4 Å². The van der Waals surface area contributed by atoms with Crippen molar-refractivity contribution in [1.82, 2.24) is 4.98 Å². The molecule has 2 unspecified atom stereocenters. The molecule has 122 valence electrons. The lowest BCUT2D eigenvalue weighted by Gasteiger charge is -2.20. The number of hydrogen-bond acceptors (Lipinski definition) is 6. The van der Waals surface area contributed by atoms with Crippen molar-refractivity contribution in [2.75, 3.05) is 0 Å². The summed E-state index contributed by atoms with van der Waals surface area (Å²) < 4.78 is 61.4. The Morgan fingerprint density at radius 2 is 2.05 bits per heavy atom. The van der Waals surface area contributed by atoms with Gasteiger partial charge in [0.25, 0.3) is 0 Å². The third-order valence-corrected chi connectivity index (χ3v) is 7.34. The second-order valence-corrected chi connectivity index (χ2v) is 10.3. The number of alkyl halides is 5. The molecule has 1 aromatic rings. The van der Waals surface area contributed by atoms with Gasteiger partial charge in [-0.25, -0.2) is 13.4 Å². The molecule has 2 atom stereocenters. The Kier molecular flexibility index (Phi) is 4.69. The van der Waals surface area contributed by atoms with Crippen LogP contribution in [0, 0.1) is 0 Å². The summed E-state index contributed by atoms with van der Waals surface area (Å²) in [5.74, 6) is 0. The van der Waals surface area contributed by atoms with Crippen molar-refractivity contribution in [3.05, 3.63) is 21.3 Å². The first-order valence-electron chi connectivity index (χ1n) is 5.30. The summed E-state index contributed by atoms with van der Waals surface area (Å²) in [7, 11) is -4.39. The molecule has 22 heavy (non-hydrogen) atoms. The fraction of sp³-hybridized carbons (Fsp3) is 0.444. The van der Waals surface area contributed by atoms with Crippen LogP contribution in [0.15, 0.2) is 35.8 Å². The van der Waals surface area contributed by atoms with E-state index in [1.807, 2.05) is 0 Å². The zero-order valence-electron chi connectivity index (χ0n) is 10.4. The molecule has 0 bridgehead atoms.